The maximum atomic E-state index is 12.0. The third kappa shape index (κ3) is 4.57. The van der Waals surface area contributed by atoms with Gasteiger partial charge in [0.25, 0.3) is 0 Å². The third-order valence-corrected chi connectivity index (χ3v) is 4.07. The van der Waals surface area contributed by atoms with Crippen molar-refractivity contribution in [3.63, 3.8) is 0 Å². The van der Waals surface area contributed by atoms with Crippen molar-refractivity contribution in [2.75, 3.05) is 13.2 Å². The molecular formula is C17H18N4O4S. The van der Waals surface area contributed by atoms with Crippen LogP contribution in [0.5, 0.6) is 0 Å². The zero-order valence-electron chi connectivity index (χ0n) is 14.7. The Morgan fingerprint density at radius 2 is 1.85 bits per heavy atom. The molecule has 1 heterocycles. The van der Waals surface area contributed by atoms with Gasteiger partial charge in [0.2, 0.25) is 5.13 Å². The molecule has 0 saturated heterocycles. The number of ether oxygens (including phenoxy) is 2. The molecular weight excluding hydrogens is 356 g/mol. The molecule has 8 nitrogen and oxygen atoms in total. The largest absolute Gasteiger partial charge is 0.462 e. The Labute approximate surface area is 154 Å². The summed E-state index contributed by atoms with van der Waals surface area (Å²) in [7, 11) is 0. The second kappa shape index (κ2) is 8.95. The Bertz CT molecular complexity index is 825. The molecule has 1 aromatic carbocycles. The van der Waals surface area contributed by atoms with Gasteiger partial charge in [-0.15, -0.1) is 10.2 Å². The number of benzene rings is 1. The predicted molar refractivity (Wildman–Crippen MR) is 98.6 cm³/mol. The first kappa shape index (κ1) is 19.4. The maximum Gasteiger partial charge on any atom is 0.358 e. The lowest BCUT2D eigenvalue weighted by Crippen LogP contribution is -2.12. The lowest BCUT2D eigenvalue weighted by atomic mass is 10.2. The topological polar surface area (TPSA) is 103 Å². The number of hydrogen-bond acceptors (Lipinski definition) is 9. The highest BCUT2D eigenvalue weighted by Crippen LogP contribution is 2.30. The van der Waals surface area contributed by atoms with E-state index in [1.54, 1.807) is 26.0 Å². The van der Waals surface area contributed by atoms with Crippen molar-refractivity contribution < 1.29 is 19.1 Å². The zero-order chi connectivity index (χ0) is 19.1. The molecule has 0 bridgehead atoms. The Balaban J connectivity index is 2.34. The van der Waals surface area contributed by atoms with E-state index >= 15 is 0 Å². The summed E-state index contributed by atoms with van der Waals surface area (Å²) >= 11 is 0.919. The highest BCUT2D eigenvalue weighted by atomic mass is 32.1. The van der Waals surface area contributed by atoms with Gasteiger partial charge in [-0.05, 0) is 51.3 Å². The number of esters is 2. The number of nitrogens with zero attached hydrogens (tertiary/aromatic N) is 4. The number of aryl methyl sites for hydroxylation is 1. The summed E-state index contributed by atoms with van der Waals surface area (Å²) in [5.74, 6) is -1.35. The fraction of sp³-hybridized carbons (Fsp3) is 0.294. The molecule has 0 fully saturated rings. The number of rotatable bonds is 7. The Morgan fingerprint density at radius 1 is 1.15 bits per heavy atom. The molecule has 0 saturated carbocycles. The number of hydrogen-bond donors (Lipinski definition) is 0. The molecule has 2 aromatic rings. The minimum absolute atomic E-state index is 0.0437. The first-order chi connectivity index (χ1) is 12.5. The minimum atomic E-state index is -0.703. The second-order valence-corrected chi connectivity index (χ2v) is 5.92. The van der Waals surface area contributed by atoms with Gasteiger partial charge in [0.1, 0.15) is 4.88 Å². The van der Waals surface area contributed by atoms with E-state index in [0.717, 1.165) is 22.6 Å². The minimum Gasteiger partial charge on any atom is -0.462 e. The molecule has 0 atom stereocenters. The fourth-order valence-corrected chi connectivity index (χ4v) is 2.74. The van der Waals surface area contributed by atoms with Crippen molar-refractivity contribution in [1.82, 2.24) is 4.98 Å². The van der Waals surface area contributed by atoms with Crippen molar-refractivity contribution in [3.8, 4) is 0 Å². The van der Waals surface area contributed by atoms with E-state index < -0.39 is 11.9 Å². The van der Waals surface area contributed by atoms with Gasteiger partial charge in [0.15, 0.2) is 5.69 Å². The zero-order valence-corrected chi connectivity index (χ0v) is 15.5. The standard InChI is InChI=1S/C17H18N4O4S/c1-5-24-15(22)13-14(16(23)25-6-2)26-17(19-13)21-20-12-8-7-11(18-4)9-10(12)3/h7-9H,4-6H2,1-3H3. The monoisotopic (exact) mass is 374 g/mol. The Hall–Kier alpha value is -2.94. The maximum absolute atomic E-state index is 12.0. The summed E-state index contributed by atoms with van der Waals surface area (Å²) in [6.07, 6.45) is 0. The Kier molecular flexibility index (Phi) is 6.67. The van der Waals surface area contributed by atoms with Crippen molar-refractivity contribution in [1.29, 1.82) is 0 Å². The van der Waals surface area contributed by atoms with Gasteiger partial charge in [-0.1, -0.05) is 11.3 Å². The van der Waals surface area contributed by atoms with Gasteiger partial charge in [-0.3, -0.25) is 4.99 Å². The van der Waals surface area contributed by atoms with E-state index in [0.29, 0.717) is 5.69 Å². The molecule has 0 unspecified atom stereocenters. The summed E-state index contributed by atoms with van der Waals surface area (Å²) in [6, 6.07) is 5.32. The Morgan fingerprint density at radius 3 is 2.46 bits per heavy atom. The number of aromatic nitrogens is 1. The lowest BCUT2D eigenvalue weighted by molar-refractivity contribution is 0.0479. The van der Waals surface area contributed by atoms with Gasteiger partial charge in [-0.25, -0.2) is 14.6 Å². The van der Waals surface area contributed by atoms with E-state index in [2.05, 4.69) is 26.9 Å². The van der Waals surface area contributed by atoms with E-state index in [-0.39, 0.29) is 28.9 Å². The summed E-state index contributed by atoms with van der Waals surface area (Å²) in [6.45, 7) is 9.02. The molecule has 1 aromatic heterocycles. The molecule has 0 aliphatic heterocycles. The van der Waals surface area contributed by atoms with Crippen LogP contribution in [0, 0.1) is 6.92 Å². The number of carbonyl (C=O) groups excluding carboxylic acids is 2. The molecule has 2 rings (SSSR count). The van der Waals surface area contributed by atoms with Crippen LogP contribution in [-0.4, -0.2) is 36.9 Å². The number of thiazole rings is 1. The van der Waals surface area contributed by atoms with Gasteiger partial charge >= 0.3 is 11.9 Å². The molecule has 136 valence electrons. The summed E-state index contributed by atoms with van der Waals surface area (Å²) in [5.41, 5.74) is 2.08. The SMILES string of the molecule is C=Nc1ccc(N=Nc2nc(C(=O)OCC)c(C(=O)OCC)s2)c(C)c1. The van der Waals surface area contributed by atoms with Gasteiger partial charge < -0.3 is 9.47 Å². The van der Waals surface area contributed by atoms with Crippen LogP contribution in [-0.2, 0) is 9.47 Å². The quantitative estimate of drug-likeness (QED) is 0.402. The molecule has 0 aliphatic carbocycles. The van der Waals surface area contributed by atoms with E-state index in [4.69, 9.17) is 9.47 Å². The lowest BCUT2D eigenvalue weighted by Gasteiger charge is -2.01. The van der Waals surface area contributed by atoms with E-state index in [1.807, 2.05) is 13.0 Å². The van der Waals surface area contributed by atoms with Gasteiger partial charge in [0.05, 0.1) is 24.6 Å². The number of carbonyl (C=O) groups is 2. The van der Waals surface area contributed by atoms with Crippen molar-refractivity contribution in [3.05, 3.63) is 34.3 Å². The van der Waals surface area contributed by atoms with E-state index in [1.165, 1.54) is 0 Å². The van der Waals surface area contributed by atoms with Crippen molar-refractivity contribution in [2.45, 2.75) is 20.8 Å². The van der Waals surface area contributed by atoms with Gasteiger partial charge in [-0.2, -0.15) is 0 Å². The molecule has 0 N–H and O–H groups in total. The second-order valence-electron chi connectivity index (χ2n) is 4.94. The molecule has 0 radical (unpaired) electrons. The molecule has 0 aliphatic rings. The van der Waals surface area contributed by atoms with Crippen molar-refractivity contribution >= 4 is 46.5 Å². The van der Waals surface area contributed by atoms with Crippen LogP contribution >= 0.6 is 11.3 Å². The van der Waals surface area contributed by atoms with Crippen LogP contribution in [0.15, 0.2) is 33.4 Å². The highest BCUT2D eigenvalue weighted by Gasteiger charge is 2.25. The highest BCUT2D eigenvalue weighted by molar-refractivity contribution is 7.17. The number of aliphatic imine (C=N–C) groups is 1. The smallest absolute Gasteiger partial charge is 0.358 e. The number of azo groups is 1. The average Bonchev–Trinajstić information content (AvgIpc) is 3.05. The predicted octanol–water partition coefficient (Wildman–Crippen LogP) is 4.55. The van der Waals surface area contributed by atoms with Crippen LogP contribution in [0.25, 0.3) is 0 Å². The van der Waals surface area contributed by atoms with Crippen LogP contribution in [0.4, 0.5) is 16.5 Å². The van der Waals surface area contributed by atoms with Gasteiger partial charge in [0, 0.05) is 0 Å². The first-order valence-electron chi connectivity index (χ1n) is 7.84. The van der Waals surface area contributed by atoms with Crippen LogP contribution < -0.4 is 0 Å². The van der Waals surface area contributed by atoms with Crippen molar-refractivity contribution in [2.24, 2.45) is 15.2 Å². The van der Waals surface area contributed by atoms with Crippen LogP contribution in [0.2, 0.25) is 0 Å². The molecule has 26 heavy (non-hydrogen) atoms. The summed E-state index contributed by atoms with van der Waals surface area (Å²) in [5, 5.41) is 8.31. The molecule has 0 spiro atoms. The normalized spacial score (nSPS) is 10.7. The molecule has 0 amide bonds. The van der Waals surface area contributed by atoms with Crippen LogP contribution in [0.1, 0.15) is 39.6 Å². The molecule has 9 heteroatoms. The summed E-state index contributed by atoms with van der Waals surface area (Å²) in [4.78, 5) is 32.0. The summed E-state index contributed by atoms with van der Waals surface area (Å²) < 4.78 is 9.88. The average molecular weight is 374 g/mol. The first-order valence-corrected chi connectivity index (χ1v) is 8.66. The van der Waals surface area contributed by atoms with Crippen LogP contribution in [0.3, 0.4) is 0 Å². The fourth-order valence-electron chi connectivity index (χ4n) is 1.97. The van der Waals surface area contributed by atoms with E-state index in [9.17, 15) is 9.59 Å². The third-order valence-electron chi connectivity index (χ3n) is 3.15.